The monoisotopic (exact) mass is 344 g/mol. The molecule has 0 bridgehead atoms. The summed E-state index contributed by atoms with van der Waals surface area (Å²) >= 11 is 0. The smallest absolute Gasteiger partial charge is 0.279 e. The number of aromatic nitrogens is 1. The molecule has 0 aliphatic carbocycles. The van der Waals surface area contributed by atoms with E-state index < -0.39 is 14.8 Å². The largest absolute Gasteiger partial charge is 0.457 e. The van der Waals surface area contributed by atoms with Crippen molar-refractivity contribution in [2.24, 2.45) is 0 Å². The van der Waals surface area contributed by atoms with Gasteiger partial charge in [0.2, 0.25) is 0 Å². The maximum absolute atomic E-state index is 11.6. The third-order valence-electron chi connectivity index (χ3n) is 3.41. The van der Waals surface area contributed by atoms with Crippen LogP contribution in [0, 0.1) is 10.1 Å². The summed E-state index contributed by atoms with van der Waals surface area (Å²) < 4.78 is 29.0. The third-order valence-corrected chi connectivity index (χ3v) is 4.52. The quantitative estimate of drug-likeness (QED) is 0.531. The Kier molecular flexibility index (Phi) is 3.90. The van der Waals surface area contributed by atoms with Crippen molar-refractivity contribution in [2.75, 3.05) is 6.26 Å². The summed E-state index contributed by atoms with van der Waals surface area (Å²) in [6, 6.07) is 10.5. The lowest BCUT2D eigenvalue weighted by Gasteiger charge is -2.10. The molecule has 0 unspecified atom stereocenters. The normalized spacial score (nSPS) is 11.4. The van der Waals surface area contributed by atoms with E-state index in [1.165, 1.54) is 36.7 Å². The predicted octanol–water partition coefficient (Wildman–Crippen LogP) is 3.34. The second kappa shape index (κ2) is 5.89. The van der Waals surface area contributed by atoms with E-state index >= 15 is 0 Å². The van der Waals surface area contributed by atoms with Gasteiger partial charge < -0.3 is 4.74 Å². The Bertz CT molecular complexity index is 1050. The number of nitro groups is 1. The van der Waals surface area contributed by atoms with Crippen LogP contribution in [0.3, 0.4) is 0 Å². The number of pyridine rings is 1. The van der Waals surface area contributed by atoms with Gasteiger partial charge >= 0.3 is 0 Å². The van der Waals surface area contributed by atoms with Gasteiger partial charge in [-0.2, -0.15) is 0 Å². The van der Waals surface area contributed by atoms with Gasteiger partial charge in [-0.25, -0.2) is 8.42 Å². The summed E-state index contributed by atoms with van der Waals surface area (Å²) in [5, 5.41) is 12.0. The number of hydrogen-bond donors (Lipinski definition) is 0. The fourth-order valence-corrected chi connectivity index (χ4v) is 2.95. The van der Waals surface area contributed by atoms with Gasteiger partial charge in [-0.15, -0.1) is 0 Å². The van der Waals surface area contributed by atoms with Gasteiger partial charge in [0.05, 0.1) is 15.2 Å². The molecule has 1 aromatic heterocycles. The van der Waals surface area contributed by atoms with Crippen LogP contribution in [0.1, 0.15) is 0 Å². The molecule has 0 spiro atoms. The molecule has 0 fully saturated rings. The van der Waals surface area contributed by atoms with Crippen molar-refractivity contribution in [1.82, 2.24) is 4.98 Å². The van der Waals surface area contributed by atoms with Crippen LogP contribution < -0.4 is 4.74 Å². The highest BCUT2D eigenvalue weighted by Crippen LogP contribution is 2.35. The SMILES string of the molecule is CS(=O)(=O)c1cccc(Oc2ccc([N+](=O)[O-])c3cnccc23)c1. The van der Waals surface area contributed by atoms with Crippen LogP contribution in [0.5, 0.6) is 11.5 Å². The summed E-state index contributed by atoms with van der Waals surface area (Å²) in [5.41, 5.74) is -0.0738. The number of ether oxygens (including phenoxy) is 1. The highest BCUT2D eigenvalue weighted by Gasteiger charge is 2.16. The summed E-state index contributed by atoms with van der Waals surface area (Å²) in [4.78, 5) is 14.7. The Hall–Kier alpha value is -3.00. The molecule has 8 heteroatoms. The zero-order valence-corrected chi connectivity index (χ0v) is 13.4. The Balaban J connectivity index is 2.09. The summed E-state index contributed by atoms with van der Waals surface area (Å²) in [6.45, 7) is 0. The third kappa shape index (κ3) is 3.04. The fourth-order valence-electron chi connectivity index (χ4n) is 2.29. The average Bonchev–Trinajstić information content (AvgIpc) is 2.54. The van der Waals surface area contributed by atoms with Crippen molar-refractivity contribution in [1.29, 1.82) is 0 Å². The first-order chi connectivity index (χ1) is 11.4. The molecule has 122 valence electrons. The van der Waals surface area contributed by atoms with E-state index in [1.54, 1.807) is 18.2 Å². The summed E-state index contributed by atoms with van der Waals surface area (Å²) in [5.74, 6) is 0.702. The minimum atomic E-state index is -3.36. The second-order valence-corrected chi connectivity index (χ2v) is 7.13. The number of benzene rings is 2. The molecule has 0 aliphatic rings. The molecule has 3 rings (SSSR count). The van der Waals surface area contributed by atoms with Crippen molar-refractivity contribution < 1.29 is 18.1 Å². The highest BCUT2D eigenvalue weighted by molar-refractivity contribution is 7.90. The van der Waals surface area contributed by atoms with Crippen LogP contribution in [0.25, 0.3) is 10.8 Å². The first-order valence-corrected chi connectivity index (χ1v) is 8.74. The molecule has 0 N–H and O–H groups in total. The Morgan fingerprint density at radius 1 is 1.12 bits per heavy atom. The molecule has 2 aromatic carbocycles. The molecular weight excluding hydrogens is 332 g/mol. The maximum atomic E-state index is 11.6. The van der Waals surface area contributed by atoms with Crippen LogP contribution in [-0.4, -0.2) is 24.6 Å². The first kappa shape index (κ1) is 15.9. The van der Waals surface area contributed by atoms with E-state index in [1.807, 2.05) is 0 Å². The van der Waals surface area contributed by atoms with Gasteiger partial charge in [0.25, 0.3) is 5.69 Å². The maximum Gasteiger partial charge on any atom is 0.279 e. The van der Waals surface area contributed by atoms with Crippen LogP contribution in [0.4, 0.5) is 5.69 Å². The fraction of sp³-hybridized carbons (Fsp3) is 0.0625. The van der Waals surface area contributed by atoms with Crippen LogP contribution in [0.15, 0.2) is 59.8 Å². The van der Waals surface area contributed by atoms with E-state index in [0.717, 1.165) is 6.26 Å². The summed E-state index contributed by atoms with van der Waals surface area (Å²) in [7, 11) is -3.36. The van der Waals surface area contributed by atoms with Crippen molar-refractivity contribution in [3.63, 3.8) is 0 Å². The molecule has 0 radical (unpaired) electrons. The lowest BCUT2D eigenvalue weighted by Crippen LogP contribution is -1.97. The Morgan fingerprint density at radius 3 is 2.62 bits per heavy atom. The Labute approximate surface area is 137 Å². The predicted molar refractivity (Wildman–Crippen MR) is 88.0 cm³/mol. The van der Waals surface area contributed by atoms with Gasteiger partial charge in [0.1, 0.15) is 11.5 Å². The van der Waals surface area contributed by atoms with Crippen molar-refractivity contribution in [3.8, 4) is 11.5 Å². The second-order valence-electron chi connectivity index (χ2n) is 5.11. The zero-order chi connectivity index (χ0) is 17.3. The van der Waals surface area contributed by atoms with Gasteiger partial charge in [-0.05, 0) is 30.3 Å². The van der Waals surface area contributed by atoms with Crippen molar-refractivity contribution in [2.45, 2.75) is 4.90 Å². The highest BCUT2D eigenvalue weighted by atomic mass is 32.2. The zero-order valence-electron chi connectivity index (χ0n) is 12.5. The molecule has 0 saturated heterocycles. The van der Waals surface area contributed by atoms with Crippen LogP contribution >= 0.6 is 0 Å². The van der Waals surface area contributed by atoms with Gasteiger partial charge in [-0.3, -0.25) is 15.1 Å². The van der Waals surface area contributed by atoms with Gasteiger partial charge in [0.15, 0.2) is 9.84 Å². The average molecular weight is 344 g/mol. The van der Waals surface area contributed by atoms with E-state index in [9.17, 15) is 18.5 Å². The van der Waals surface area contributed by atoms with Crippen LogP contribution in [-0.2, 0) is 9.84 Å². The standard InChI is InChI=1S/C16H12N2O5S/c1-24(21,22)12-4-2-3-11(9-12)23-16-6-5-15(18(19)20)14-10-17-8-7-13(14)16/h2-10H,1H3. The molecule has 3 aromatic rings. The molecule has 1 heterocycles. The van der Waals surface area contributed by atoms with Gasteiger partial charge in [-0.1, -0.05) is 6.07 Å². The minimum Gasteiger partial charge on any atom is -0.457 e. The molecule has 0 saturated carbocycles. The van der Waals surface area contributed by atoms with E-state index in [-0.39, 0.29) is 10.6 Å². The minimum absolute atomic E-state index is 0.0738. The lowest BCUT2D eigenvalue weighted by molar-refractivity contribution is -0.383. The Morgan fingerprint density at radius 2 is 1.92 bits per heavy atom. The van der Waals surface area contributed by atoms with E-state index in [2.05, 4.69) is 4.98 Å². The number of hydrogen-bond acceptors (Lipinski definition) is 6. The van der Waals surface area contributed by atoms with Crippen molar-refractivity contribution in [3.05, 3.63) is 65.0 Å². The molecule has 0 aliphatic heterocycles. The summed E-state index contributed by atoms with van der Waals surface area (Å²) in [6.07, 6.45) is 4.01. The lowest BCUT2D eigenvalue weighted by atomic mass is 10.1. The molecular formula is C16H12N2O5S. The number of non-ortho nitro benzene ring substituents is 1. The number of rotatable bonds is 4. The number of fused-ring (bicyclic) bond motifs is 1. The van der Waals surface area contributed by atoms with E-state index in [4.69, 9.17) is 4.74 Å². The number of nitrogens with zero attached hydrogens (tertiary/aromatic N) is 2. The van der Waals surface area contributed by atoms with Gasteiger partial charge in [0, 0.05) is 30.1 Å². The topological polar surface area (TPSA) is 99.4 Å². The molecule has 7 nitrogen and oxygen atoms in total. The number of sulfone groups is 1. The molecule has 0 atom stereocenters. The van der Waals surface area contributed by atoms with Crippen LogP contribution in [0.2, 0.25) is 0 Å². The van der Waals surface area contributed by atoms with E-state index in [0.29, 0.717) is 22.3 Å². The molecule has 24 heavy (non-hydrogen) atoms. The number of nitro benzene ring substituents is 1. The van der Waals surface area contributed by atoms with Crippen molar-refractivity contribution >= 4 is 26.3 Å². The first-order valence-electron chi connectivity index (χ1n) is 6.85. The molecule has 0 amide bonds.